The van der Waals surface area contributed by atoms with Gasteiger partial charge in [-0.25, -0.2) is 4.39 Å². The lowest BCUT2D eigenvalue weighted by molar-refractivity contribution is 0.602. The van der Waals surface area contributed by atoms with Crippen molar-refractivity contribution in [1.82, 2.24) is 0 Å². The molecular formula is C14H13ClFNS. The standard InChI is InChI=1S/C14H13ClFNS/c15-11-5-7-12(8-6-11)17-9-10-18-14-4-2-1-3-13(14)16/h1-8,17H,9-10H2. The van der Waals surface area contributed by atoms with Gasteiger partial charge in [0.25, 0.3) is 0 Å². The van der Waals surface area contributed by atoms with Crippen LogP contribution in [0.1, 0.15) is 0 Å². The van der Waals surface area contributed by atoms with Gasteiger partial charge in [-0.15, -0.1) is 11.8 Å². The number of rotatable bonds is 5. The molecule has 0 atom stereocenters. The van der Waals surface area contributed by atoms with Crippen molar-refractivity contribution in [2.45, 2.75) is 4.90 Å². The molecule has 0 saturated carbocycles. The van der Waals surface area contributed by atoms with Gasteiger partial charge < -0.3 is 5.32 Å². The summed E-state index contributed by atoms with van der Waals surface area (Å²) in [7, 11) is 0. The Morgan fingerprint density at radius 1 is 1.06 bits per heavy atom. The Bertz CT molecular complexity index is 501. The molecule has 0 bridgehead atoms. The average Bonchev–Trinajstić information content (AvgIpc) is 2.39. The maximum Gasteiger partial charge on any atom is 0.136 e. The van der Waals surface area contributed by atoms with Crippen LogP contribution in [0.2, 0.25) is 5.02 Å². The third-order valence-corrected chi connectivity index (χ3v) is 3.67. The molecule has 0 unspecified atom stereocenters. The minimum absolute atomic E-state index is 0.158. The molecule has 2 rings (SSSR count). The summed E-state index contributed by atoms with van der Waals surface area (Å²) in [6, 6.07) is 14.4. The van der Waals surface area contributed by atoms with Crippen LogP contribution in [0.4, 0.5) is 10.1 Å². The fraction of sp³-hybridized carbons (Fsp3) is 0.143. The zero-order valence-corrected chi connectivity index (χ0v) is 11.3. The summed E-state index contributed by atoms with van der Waals surface area (Å²) < 4.78 is 13.3. The van der Waals surface area contributed by atoms with Gasteiger partial charge >= 0.3 is 0 Å². The van der Waals surface area contributed by atoms with E-state index in [1.807, 2.05) is 30.3 Å². The summed E-state index contributed by atoms with van der Waals surface area (Å²) in [5.74, 6) is 0.651. The van der Waals surface area contributed by atoms with Gasteiger partial charge in [-0.1, -0.05) is 23.7 Å². The van der Waals surface area contributed by atoms with Crippen molar-refractivity contribution >= 4 is 29.1 Å². The van der Waals surface area contributed by atoms with Crippen molar-refractivity contribution in [1.29, 1.82) is 0 Å². The van der Waals surface area contributed by atoms with Crippen LogP contribution in [0.3, 0.4) is 0 Å². The Morgan fingerprint density at radius 2 is 1.78 bits per heavy atom. The van der Waals surface area contributed by atoms with Gasteiger partial charge in [0.1, 0.15) is 5.82 Å². The fourth-order valence-electron chi connectivity index (χ4n) is 1.49. The molecule has 0 amide bonds. The predicted molar refractivity (Wildman–Crippen MR) is 77.1 cm³/mol. The largest absolute Gasteiger partial charge is 0.384 e. The molecule has 1 N–H and O–H groups in total. The quantitative estimate of drug-likeness (QED) is 0.631. The highest BCUT2D eigenvalue weighted by molar-refractivity contribution is 7.99. The number of hydrogen-bond acceptors (Lipinski definition) is 2. The zero-order valence-electron chi connectivity index (χ0n) is 9.70. The van der Waals surface area contributed by atoms with Gasteiger partial charge in [-0.2, -0.15) is 0 Å². The van der Waals surface area contributed by atoms with E-state index in [9.17, 15) is 4.39 Å². The summed E-state index contributed by atoms with van der Waals surface area (Å²) in [5.41, 5.74) is 1.02. The molecule has 0 aliphatic carbocycles. The second kappa shape index (κ2) is 6.66. The molecule has 4 heteroatoms. The number of hydrogen-bond donors (Lipinski definition) is 1. The first-order valence-electron chi connectivity index (χ1n) is 5.62. The van der Waals surface area contributed by atoms with Crippen molar-refractivity contribution in [2.75, 3.05) is 17.6 Å². The lowest BCUT2D eigenvalue weighted by Crippen LogP contribution is -2.03. The molecule has 0 fully saturated rings. The second-order valence-corrected chi connectivity index (χ2v) is 5.29. The molecule has 0 aliphatic heterocycles. The Labute approximate surface area is 115 Å². The first-order chi connectivity index (χ1) is 8.75. The lowest BCUT2D eigenvalue weighted by Gasteiger charge is -2.06. The van der Waals surface area contributed by atoms with Gasteiger partial charge in [-0.05, 0) is 36.4 Å². The van der Waals surface area contributed by atoms with Crippen LogP contribution in [0, 0.1) is 5.82 Å². The predicted octanol–water partition coefficient (Wildman–Crippen LogP) is 4.68. The van der Waals surface area contributed by atoms with Crippen LogP contribution in [0.5, 0.6) is 0 Å². The van der Waals surface area contributed by atoms with Crippen molar-refractivity contribution in [3.63, 3.8) is 0 Å². The summed E-state index contributed by atoms with van der Waals surface area (Å²) in [5, 5.41) is 3.98. The lowest BCUT2D eigenvalue weighted by atomic mass is 10.3. The van der Waals surface area contributed by atoms with Crippen LogP contribution in [0.25, 0.3) is 0 Å². The highest BCUT2D eigenvalue weighted by Crippen LogP contribution is 2.21. The van der Waals surface area contributed by atoms with Crippen molar-refractivity contribution in [3.05, 3.63) is 59.4 Å². The van der Waals surface area contributed by atoms with Gasteiger partial charge in [0.15, 0.2) is 0 Å². The van der Waals surface area contributed by atoms with E-state index in [0.717, 1.165) is 23.0 Å². The van der Waals surface area contributed by atoms with Crippen LogP contribution >= 0.6 is 23.4 Å². The molecule has 0 radical (unpaired) electrons. The third-order valence-electron chi connectivity index (χ3n) is 2.37. The molecule has 0 saturated heterocycles. The summed E-state index contributed by atoms with van der Waals surface area (Å²) in [4.78, 5) is 0.690. The van der Waals surface area contributed by atoms with Crippen LogP contribution < -0.4 is 5.32 Å². The van der Waals surface area contributed by atoms with Crippen LogP contribution in [0.15, 0.2) is 53.4 Å². The summed E-state index contributed by atoms with van der Waals surface area (Å²) in [6.45, 7) is 0.778. The van der Waals surface area contributed by atoms with Gasteiger partial charge in [0.2, 0.25) is 0 Å². The molecule has 0 aromatic heterocycles. The summed E-state index contributed by atoms with van der Waals surface area (Å²) >= 11 is 7.30. The van der Waals surface area contributed by atoms with Crippen molar-refractivity contribution < 1.29 is 4.39 Å². The minimum Gasteiger partial charge on any atom is -0.384 e. The maximum absolute atomic E-state index is 13.3. The number of benzene rings is 2. The number of nitrogens with one attached hydrogen (secondary N) is 1. The van der Waals surface area contributed by atoms with E-state index >= 15 is 0 Å². The second-order valence-electron chi connectivity index (χ2n) is 3.71. The van der Waals surface area contributed by atoms with E-state index in [4.69, 9.17) is 11.6 Å². The van der Waals surface area contributed by atoms with E-state index in [1.54, 1.807) is 12.1 Å². The molecule has 0 spiro atoms. The Hall–Kier alpha value is -1.19. The highest BCUT2D eigenvalue weighted by atomic mass is 35.5. The Kier molecular flexibility index (Phi) is 4.90. The van der Waals surface area contributed by atoms with Gasteiger partial charge in [0.05, 0.1) is 0 Å². The zero-order chi connectivity index (χ0) is 12.8. The molecule has 18 heavy (non-hydrogen) atoms. The van der Waals surface area contributed by atoms with E-state index in [2.05, 4.69) is 5.32 Å². The molecular weight excluding hydrogens is 269 g/mol. The monoisotopic (exact) mass is 281 g/mol. The molecule has 0 heterocycles. The van der Waals surface area contributed by atoms with E-state index < -0.39 is 0 Å². The molecule has 1 nitrogen and oxygen atoms in total. The van der Waals surface area contributed by atoms with Gasteiger partial charge in [0, 0.05) is 27.9 Å². The fourth-order valence-corrected chi connectivity index (χ4v) is 2.42. The van der Waals surface area contributed by atoms with Crippen molar-refractivity contribution in [3.8, 4) is 0 Å². The van der Waals surface area contributed by atoms with E-state index in [0.29, 0.717) is 4.90 Å². The topological polar surface area (TPSA) is 12.0 Å². The first kappa shape index (κ1) is 13.2. The Morgan fingerprint density at radius 3 is 2.50 bits per heavy atom. The average molecular weight is 282 g/mol. The normalized spacial score (nSPS) is 10.3. The van der Waals surface area contributed by atoms with Gasteiger partial charge in [-0.3, -0.25) is 0 Å². The summed E-state index contributed by atoms with van der Waals surface area (Å²) in [6.07, 6.45) is 0. The smallest absolute Gasteiger partial charge is 0.136 e. The van der Waals surface area contributed by atoms with E-state index in [-0.39, 0.29) is 5.82 Å². The maximum atomic E-state index is 13.3. The van der Waals surface area contributed by atoms with Crippen LogP contribution in [-0.4, -0.2) is 12.3 Å². The number of thioether (sulfide) groups is 1. The minimum atomic E-state index is -0.158. The highest BCUT2D eigenvalue weighted by Gasteiger charge is 2.00. The van der Waals surface area contributed by atoms with E-state index in [1.165, 1.54) is 17.8 Å². The number of anilines is 1. The molecule has 2 aromatic rings. The SMILES string of the molecule is Fc1ccccc1SCCNc1ccc(Cl)cc1. The molecule has 94 valence electrons. The molecule has 0 aliphatic rings. The first-order valence-corrected chi connectivity index (χ1v) is 6.99. The van der Waals surface area contributed by atoms with Crippen molar-refractivity contribution in [2.24, 2.45) is 0 Å². The number of halogens is 2. The third kappa shape index (κ3) is 3.93. The Balaban J connectivity index is 1.76. The molecule has 2 aromatic carbocycles. The van der Waals surface area contributed by atoms with Crippen LogP contribution in [-0.2, 0) is 0 Å².